The molecule has 0 saturated carbocycles. The number of likely N-dealkylation sites (N-methyl/N-ethyl adjacent to an activating group) is 1. The molecule has 0 aliphatic carbocycles. The van der Waals surface area contributed by atoms with Crippen LogP contribution in [0.3, 0.4) is 0 Å². The maximum absolute atomic E-state index is 5.48. The molecule has 1 aliphatic rings. The summed E-state index contributed by atoms with van der Waals surface area (Å²) in [5, 5.41) is 0. The van der Waals surface area contributed by atoms with Gasteiger partial charge in [-0.1, -0.05) is 6.92 Å². The van der Waals surface area contributed by atoms with Crippen molar-refractivity contribution in [3.8, 4) is 0 Å². The monoisotopic (exact) mass is 159 g/mol. The molecule has 0 spiro atoms. The molecule has 1 rings (SSSR count). The van der Waals surface area contributed by atoms with E-state index < -0.39 is 0 Å². The second-order valence-corrected chi connectivity index (χ2v) is 2.92. The topological polar surface area (TPSA) is 21.7 Å². The van der Waals surface area contributed by atoms with E-state index in [1.807, 2.05) is 0 Å². The van der Waals surface area contributed by atoms with Gasteiger partial charge in [-0.05, 0) is 13.6 Å². The number of hydrogen-bond donors (Lipinski definition) is 0. The normalized spacial score (nSPS) is 25.9. The van der Waals surface area contributed by atoms with Crippen LogP contribution in [0.4, 0.5) is 0 Å². The van der Waals surface area contributed by atoms with E-state index >= 15 is 0 Å². The van der Waals surface area contributed by atoms with Gasteiger partial charge >= 0.3 is 0 Å². The third-order valence-electron chi connectivity index (χ3n) is 1.94. The summed E-state index contributed by atoms with van der Waals surface area (Å²) in [5.41, 5.74) is 0. The molecule has 1 fully saturated rings. The molecular formula is C8H17NO2. The minimum atomic E-state index is 0.286. The van der Waals surface area contributed by atoms with Crippen molar-refractivity contribution in [3.63, 3.8) is 0 Å². The first-order valence-corrected chi connectivity index (χ1v) is 4.21. The molecule has 66 valence electrons. The summed E-state index contributed by atoms with van der Waals surface area (Å²) in [4.78, 5) is 2.24. The van der Waals surface area contributed by atoms with Gasteiger partial charge in [0.15, 0.2) is 0 Å². The summed E-state index contributed by atoms with van der Waals surface area (Å²) in [6.07, 6.45) is 0.286. The molecule has 1 saturated heterocycles. The zero-order chi connectivity index (χ0) is 8.10. The number of ether oxygens (including phenoxy) is 2. The average molecular weight is 159 g/mol. The molecule has 11 heavy (non-hydrogen) atoms. The van der Waals surface area contributed by atoms with Crippen molar-refractivity contribution >= 4 is 0 Å². The number of rotatable bonds is 3. The first-order chi connectivity index (χ1) is 5.33. The van der Waals surface area contributed by atoms with E-state index in [9.17, 15) is 0 Å². The Hall–Kier alpha value is -0.120. The van der Waals surface area contributed by atoms with E-state index in [1.165, 1.54) is 0 Å². The predicted molar refractivity (Wildman–Crippen MR) is 43.7 cm³/mol. The van der Waals surface area contributed by atoms with Crippen molar-refractivity contribution in [1.29, 1.82) is 0 Å². The van der Waals surface area contributed by atoms with E-state index in [4.69, 9.17) is 9.47 Å². The Morgan fingerprint density at radius 3 is 2.82 bits per heavy atom. The largest absolute Gasteiger partial charge is 0.376 e. The van der Waals surface area contributed by atoms with Gasteiger partial charge in [0.25, 0.3) is 0 Å². The molecule has 3 heteroatoms. The van der Waals surface area contributed by atoms with Crippen LogP contribution in [0.2, 0.25) is 0 Å². The molecule has 1 aliphatic heterocycles. The summed E-state index contributed by atoms with van der Waals surface area (Å²) in [6, 6.07) is 0. The zero-order valence-corrected chi connectivity index (χ0v) is 7.38. The van der Waals surface area contributed by atoms with Gasteiger partial charge in [0.05, 0.1) is 25.9 Å². The van der Waals surface area contributed by atoms with Crippen LogP contribution in [0.15, 0.2) is 0 Å². The molecule has 0 aromatic rings. The van der Waals surface area contributed by atoms with Crippen molar-refractivity contribution in [1.82, 2.24) is 4.90 Å². The summed E-state index contributed by atoms with van der Waals surface area (Å²) in [6.45, 7) is 6.46. The van der Waals surface area contributed by atoms with Crippen molar-refractivity contribution in [2.24, 2.45) is 0 Å². The second-order valence-electron chi connectivity index (χ2n) is 2.92. The van der Waals surface area contributed by atoms with Crippen molar-refractivity contribution in [3.05, 3.63) is 0 Å². The lowest BCUT2D eigenvalue weighted by molar-refractivity contribution is -0.0954. The first kappa shape index (κ1) is 8.97. The molecule has 0 bridgehead atoms. The second kappa shape index (κ2) is 4.70. The minimum absolute atomic E-state index is 0.286. The smallest absolute Gasteiger partial charge is 0.0936 e. The Bertz CT molecular complexity index is 102. The number of nitrogens with zero attached hydrogens (tertiary/aromatic N) is 1. The van der Waals surface area contributed by atoms with Gasteiger partial charge in [0, 0.05) is 6.54 Å². The SMILES string of the molecule is CCN(C)CC1COCCO1. The third-order valence-corrected chi connectivity index (χ3v) is 1.94. The molecule has 0 N–H and O–H groups in total. The average Bonchev–Trinajstić information content (AvgIpc) is 2.06. The van der Waals surface area contributed by atoms with Gasteiger partial charge in [-0.3, -0.25) is 0 Å². The van der Waals surface area contributed by atoms with Crippen molar-refractivity contribution < 1.29 is 9.47 Å². The minimum Gasteiger partial charge on any atom is -0.376 e. The zero-order valence-electron chi connectivity index (χ0n) is 7.38. The third kappa shape index (κ3) is 3.18. The van der Waals surface area contributed by atoms with Crippen LogP contribution in [0.25, 0.3) is 0 Å². The van der Waals surface area contributed by atoms with E-state index in [-0.39, 0.29) is 6.10 Å². The molecular weight excluding hydrogens is 142 g/mol. The number of hydrogen-bond acceptors (Lipinski definition) is 3. The lowest BCUT2D eigenvalue weighted by atomic mass is 10.3. The van der Waals surface area contributed by atoms with E-state index in [0.717, 1.165) is 32.9 Å². The Morgan fingerprint density at radius 1 is 1.45 bits per heavy atom. The summed E-state index contributed by atoms with van der Waals surface area (Å²) >= 11 is 0. The van der Waals surface area contributed by atoms with Crippen LogP contribution in [-0.2, 0) is 9.47 Å². The van der Waals surface area contributed by atoms with Crippen LogP contribution in [0.1, 0.15) is 6.92 Å². The highest BCUT2D eigenvalue weighted by atomic mass is 16.6. The Balaban J connectivity index is 2.13. The molecule has 0 aromatic heterocycles. The van der Waals surface area contributed by atoms with Crippen LogP contribution in [0, 0.1) is 0 Å². The van der Waals surface area contributed by atoms with Crippen LogP contribution < -0.4 is 0 Å². The Labute approximate surface area is 68.3 Å². The quantitative estimate of drug-likeness (QED) is 0.593. The predicted octanol–water partition coefficient (Wildman–Crippen LogP) is 0.353. The van der Waals surface area contributed by atoms with Gasteiger partial charge in [0.2, 0.25) is 0 Å². The molecule has 1 heterocycles. The van der Waals surface area contributed by atoms with Gasteiger partial charge in [-0.15, -0.1) is 0 Å². The van der Waals surface area contributed by atoms with Crippen molar-refractivity contribution in [2.75, 3.05) is 40.0 Å². The van der Waals surface area contributed by atoms with E-state index in [0.29, 0.717) is 0 Å². The fourth-order valence-electron chi connectivity index (χ4n) is 1.12. The standard InChI is InChI=1S/C8H17NO2/c1-3-9(2)6-8-7-10-4-5-11-8/h8H,3-7H2,1-2H3. The van der Waals surface area contributed by atoms with Gasteiger partial charge in [-0.2, -0.15) is 0 Å². The van der Waals surface area contributed by atoms with Gasteiger partial charge in [-0.25, -0.2) is 0 Å². The van der Waals surface area contributed by atoms with Crippen LogP contribution >= 0.6 is 0 Å². The lowest BCUT2D eigenvalue weighted by Gasteiger charge is -2.26. The fraction of sp³-hybridized carbons (Fsp3) is 1.00. The molecule has 3 nitrogen and oxygen atoms in total. The highest BCUT2D eigenvalue weighted by Gasteiger charge is 2.14. The summed E-state index contributed by atoms with van der Waals surface area (Å²) in [7, 11) is 2.10. The highest BCUT2D eigenvalue weighted by Crippen LogP contribution is 2.01. The highest BCUT2D eigenvalue weighted by molar-refractivity contribution is 4.64. The Kier molecular flexibility index (Phi) is 3.83. The van der Waals surface area contributed by atoms with E-state index in [1.54, 1.807) is 0 Å². The molecule has 0 aromatic carbocycles. The summed E-state index contributed by atoms with van der Waals surface area (Å²) < 4.78 is 10.8. The fourth-order valence-corrected chi connectivity index (χ4v) is 1.12. The first-order valence-electron chi connectivity index (χ1n) is 4.21. The maximum Gasteiger partial charge on any atom is 0.0936 e. The molecule has 1 unspecified atom stereocenters. The van der Waals surface area contributed by atoms with Crippen LogP contribution in [0.5, 0.6) is 0 Å². The van der Waals surface area contributed by atoms with Gasteiger partial charge < -0.3 is 14.4 Å². The van der Waals surface area contributed by atoms with Crippen molar-refractivity contribution in [2.45, 2.75) is 13.0 Å². The molecule has 1 atom stereocenters. The van der Waals surface area contributed by atoms with E-state index in [2.05, 4.69) is 18.9 Å². The van der Waals surface area contributed by atoms with Gasteiger partial charge in [0.1, 0.15) is 0 Å². The maximum atomic E-state index is 5.48. The lowest BCUT2D eigenvalue weighted by Crippen LogP contribution is -2.38. The molecule has 0 amide bonds. The summed E-state index contributed by atoms with van der Waals surface area (Å²) in [5.74, 6) is 0. The molecule has 0 radical (unpaired) electrons. The Morgan fingerprint density at radius 2 is 2.27 bits per heavy atom. The van der Waals surface area contributed by atoms with Crippen LogP contribution in [-0.4, -0.2) is 51.0 Å².